The van der Waals surface area contributed by atoms with Crippen molar-refractivity contribution in [2.75, 3.05) is 7.05 Å². The Morgan fingerprint density at radius 1 is 0.974 bits per heavy atom. The molecule has 2 aromatic carbocycles. The second-order valence-electron chi connectivity index (χ2n) is 8.78. The second-order valence-corrected chi connectivity index (χ2v) is 9.77. The zero-order chi connectivity index (χ0) is 28.5. The van der Waals surface area contributed by atoms with E-state index in [0.717, 1.165) is 16.0 Å². The van der Waals surface area contributed by atoms with E-state index in [9.17, 15) is 31.1 Å². The Kier molecular flexibility index (Phi) is 7.73. The van der Waals surface area contributed by atoms with Gasteiger partial charge in [0.15, 0.2) is 5.16 Å². The average Bonchev–Trinajstić information content (AvgIpc) is 3.26. The number of aromatic nitrogens is 4. The summed E-state index contributed by atoms with van der Waals surface area (Å²) in [6, 6.07) is 10.2. The number of carbonyl (C=O) groups excluding carboxylic acids is 1. The minimum Gasteiger partial charge on any atom is -0.337 e. The van der Waals surface area contributed by atoms with Gasteiger partial charge in [0.25, 0.3) is 5.91 Å². The normalized spacial score (nSPS) is 12.0. The van der Waals surface area contributed by atoms with E-state index in [-0.39, 0.29) is 17.2 Å². The number of amides is 1. The predicted octanol–water partition coefficient (Wildman–Crippen LogP) is 6.65. The zero-order valence-electron chi connectivity index (χ0n) is 20.8. The van der Waals surface area contributed by atoms with E-state index in [1.165, 1.54) is 31.3 Å². The maximum Gasteiger partial charge on any atom is 0.416 e. The van der Waals surface area contributed by atoms with Crippen molar-refractivity contribution in [2.24, 2.45) is 7.05 Å². The zero-order valence-corrected chi connectivity index (χ0v) is 21.6. The van der Waals surface area contributed by atoms with Gasteiger partial charge in [0.1, 0.15) is 11.4 Å². The number of carbonyl (C=O) groups is 1. The third kappa shape index (κ3) is 6.41. The number of halogens is 6. The van der Waals surface area contributed by atoms with E-state index < -0.39 is 35.9 Å². The van der Waals surface area contributed by atoms with Crippen LogP contribution in [-0.4, -0.2) is 37.6 Å². The van der Waals surface area contributed by atoms with Crippen molar-refractivity contribution in [1.29, 1.82) is 0 Å². The molecule has 0 aliphatic carbocycles. The highest BCUT2D eigenvalue weighted by Crippen LogP contribution is 2.37. The van der Waals surface area contributed by atoms with Gasteiger partial charge in [-0.3, -0.25) is 4.79 Å². The first-order chi connectivity index (χ1) is 18.2. The number of alkyl halides is 6. The molecular weight excluding hydrogens is 544 g/mol. The Labute approximate surface area is 223 Å². The quantitative estimate of drug-likeness (QED) is 0.245. The lowest BCUT2D eigenvalue weighted by atomic mass is 9.97. The van der Waals surface area contributed by atoms with Crippen molar-refractivity contribution in [1.82, 2.24) is 24.6 Å². The van der Waals surface area contributed by atoms with Crippen LogP contribution in [0.3, 0.4) is 0 Å². The van der Waals surface area contributed by atoms with Crippen LogP contribution in [0.4, 0.5) is 26.3 Å². The summed E-state index contributed by atoms with van der Waals surface area (Å²) in [4.78, 5) is 18.9. The summed E-state index contributed by atoms with van der Waals surface area (Å²) < 4.78 is 81.5. The number of hydrogen-bond acceptors (Lipinski definition) is 5. The summed E-state index contributed by atoms with van der Waals surface area (Å²) in [6.07, 6.45) is -7.12. The van der Waals surface area contributed by atoms with E-state index in [1.54, 1.807) is 29.8 Å². The summed E-state index contributed by atoms with van der Waals surface area (Å²) in [5, 5.41) is 8.91. The first-order valence-electron chi connectivity index (χ1n) is 11.4. The van der Waals surface area contributed by atoms with Gasteiger partial charge in [-0.05, 0) is 65.2 Å². The van der Waals surface area contributed by atoms with Gasteiger partial charge in [0, 0.05) is 26.8 Å². The average molecular weight is 566 g/mol. The molecule has 13 heteroatoms. The Bertz CT molecular complexity index is 1480. The summed E-state index contributed by atoms with van der Waals surface area (Å²) in [7, 11) is 3.06. The van der Waals surface area contributed by atoms with Crippen molar-refractivity contribution in [3.8, 4) is 11.1 Å². The number of benzene rings is 2. The molecule has 0 atom stereocenters. The van der Waals surface area contributed by atoms with Gasteiger partial charge in [-0.2, -0.15) is 26.3 Å². The molecule has 204 valence electrons. The maximum absolute atomic E-state index is 13.5. The van der Waals surface area contributed by atoms with Crippen LogP contribution in [0.15, 0.2) is 71.2 Å². The first kappa shape index (κ1) is 28.1. The van der Waals surface area contributed by atoms with Crippen molar-refractivity contribution in [3.63, 3.8) is 0 Å². The van der Waals surface area contributed by atoms with E-state index in [0.29, 0.717) is 27.9 Å². The Morgan fingerprint density at radius 3 is 2.18 bits per heavy atom. The van der Waals surface area contributed by atoms with Crippen molar-refractivity contribution in [2.45, 2.75) is 36.0 Å². The lowest BCUT2D eigenvalue weighted by molar-refractivity contribution is -0.143. The standard InChI is InChI=1S/C26H21F6N5OS/c1-15-6-4-5-7-19(15)20-11-22(39-24-35-34-14-37(24)3)33-12-21(20)23(38)36(2)13-16-8-17(25(27,28)29)10-18(9-16)26(30,31)32/h4-12,14H,13H2,1-3H3. The molecule has 1 amide bonds. The van der Waals surface area contributed by atoms with Crippen LogP contribution in [0.5, 0.6) is 0 Å². The molecule has 4 rings (SSSR count). The van der Waals surface area contributed by atoms with Crippen LogP contribution in [-0.2, 0) is 25.9 Å². The fourth-order valence-electron chi connectivity index (χ4n) is 3.88. The molecule has 0 spiro atoms. The van der Waals surface area contributed by atoms with Crippen molar-refractivity contribution < 1.29 is 31.1 Å². The van der Waals surface area contributed by atoms with E-state index in [2.05, 4.69) is 15.2 Å². The van der Waals surface area contributed by atoms with Gasteiger partial charge < -0.3 is 9.47 Å². The molecule has 0 saturated heterocycles. The van der Waals surface area contributed by atoms with Crippen LogP contribution in [0.2, 0.25) is 0 Å². The smallest absolute Gasteiger partial charge is 0.337 e. The molecule has 0 bridgehead atoms. The number of pyridine rings is 1. The summed E-state index contributed by atoms with van der Waals surface area (Å²) in [5.74, 6) is -0.623. The minimum absolute atomic E-state index is 0.0546. The van der Waals surface area contributed by atoms with Crippen LogP contribution < -0.4 is 0 Å². The third-order valence-electron chi connectivity index (χ3n) is 5.82. The lowest BCUT2D eigenvalue weighted by Crippen LogP contribution is -2.27. The van der Waals surface area contributed by atoms with E-state index in [1.807, 2.05) is 19.1 Å². The molecule has 0 aliphatic rings. The highest BCUT2D eigenvalue weighted by Gasteiger charge is 2.37. The van der Waals surface area contributed by atoms with Gasteiger partial charge in [-0.15, -0.1) is 10.2 Å². The van der Waals surface area contributed by atoms with Gasteiger partial charge >= 0.3 is 12.4 Å². The largest absolute Gasteiger partial charge is 0.416 e. The van der Waals surface area contributed by atoms with Crippen molar-refractivity contribution >= 4 is 17.7 Å². The monoisotopic (exact) mass is 565 g/mol. The van der Waals surface area contributed by atoms with Crippen LogP contribution in [0.25, 0.3) is 11.1 Å². The van der Waals surface area contributed by atoms with Gasteiger partial charge in [-0.25, -0.2) is 4.98 Å². The Morgan fingerprint density at radius 2 is 1.62 bits per heavy atom. The summed E-state index contributed by atoms with van der Waals surface area (Å²) >= 11 is 1.22. The lowest BCUT2D eigenvalue weighted by Gasteiger charge is -2.21. The number of hydrogen-bond donors (Lipinski definition) is 0. The predicted molar refractivity (Wildman–Crippen MR) is 132 cm³/mol. The van der Waals surface area contributed by atoms with Gasteiger partial charge in [0.2, 0.25) is 0 Å². The SMILES string of the molecule is Cc1ccccc1-c1cc(Sc2nncn2C)ncc1C(=O)N(C)Cc1cc(C(F)(F)F)cc(C(F)(F)F)c1. The molecule has 2 heterocycles. The van der Waals surface area contributed by atoms with E-state index in [4.69, 9.17) is 0 Å². The second kappa shape index (κ2) is 10.7. The molecule has 2 aromatic heterocycles. The molecule has 0 unspecified atom stereocenters. The Hall–Kier alpha value is -3.87. The molecule has 4 aromatic rings. The highest BCUT2D eigenvalue weighted by atomic mass is 32.2. The van der Waals surface area contributed by atoms with E-state index >= 15 is 0 Å². The number of nitrogens with zero attached hydrogens (tertiary/aromatic N) is 5. The molecule has 0 fully saturated rings. The molecule has 6 nitrogen and oxygen atoms in total. The third-order valence-corrected chi connectivity index (χ3v) is 6.81. The fourth-order valence-corrected chi connectivity index (χ4v) is 4.63. The first-order valence-corrected chi connectivity index (χ1v) is 12.2. The molecular formula is C26H21F6N5OS. The highest BCUT2D eigenvalue weighted by molar-refractivity contribution is 7.99. The van der Waals surface area contributed by atoms with Crippen LogP contribution in [0.1, 0.15) is 32.6 Å². The Balaban J connectivity index is 1.72. The maximum atomic E-state index is 13.5. The van der Waals surface area contributed by atoms with Crippen molar-refractivity contribution in [3.05, 3.63) is 88.9 Å². The van der Waals surface area contributed by atoms with Gasteiger partial charge in [-0.1, -0.05) is 24.3 Å². The molecule has 0 aliphatic heterocycles. The summed E-state index contributed by atoms with van der Waals surface area (Å²) in [6.45, 7) is 1.36. The molecule has 0 N–H and O–H groups in total. The molecule has 0 saturated carbocycles. The van der Waals surface area contributed by atoms with Gasteiger partial charge in [0.05, 0.1) is 16.7 Å². The van der Waals surface area contributed by atoms with Crippen LogP contribution >= 0.6 is 11.8 Å². The fraction of sp³-hybridized carbons (Fsp3) is 0.231. The number of rotatable bonds is 6. The van der Waals surface area contributed by atoms with Crippen LogP contribution in [0, 0.1) is 6.92 Å². The number of aryl methyl sites for hydroxylation is 2. The molecule has 39 heavy (non-hydrogen) atoms. The topological polar surface area (TPSA) is 63.9 Å². The summed E-state index contributed by atoms with van der Waals surface area (Å²) in [5.41, 5.74) is -0.992. The minimum atomic E-state index is -4.99. The molecule has 0 radical (unpaired) electrons.